The lowest BCUT2D eigenvalue weighted by atomic mass is 9.84. The van der Waals surface area contributed by atoms with Crippen molar-refractivity contribution in [3.63, 3.8) is 0 Å². The molecule has 0 unspecified atom stereocenters. The van der Waals surface area contributed by atoms with Crippen LogP contribution in [0.25, 0.3) is 0 Å². The number of benzene rings is 2. The van der Waals surface area contributed by atoms with E-state index in [1.165, 1.54) is 0 Å². The van der Waals surface area contributed by atoms with Crippen LogP contribution in [0.1, 0.15) is 28.8 Å². The van der Waals surface area contributed by atoms with E-state index in [9.17, 15) is 9.90 Å². The van der Waals surface area contributed by atoms with Crippen molar-refractivity contribution in [3.8, 4) is 0 Å². The number of anilines is 1. The fourth-order valence-electron chi connectivity index (χ4n) is 2.98. The van der Waals surface area contributed by atoms with Crippen LogP contribution < -0.4 is 16.5 Å². The molecular weight excluding hydrogens is 316 g/mol. The third-order valence-electron chi connectivity index (χ3n) is 4.39. The summed E-state index contributed by atoms with van der Waals surface area (Å²) in [6.45, 7) is 1.39. The molecule has 5 N–H and O–H groups in total. The summed E-state index contributed by atoms with van der Waals surface area (Å²) in [7, 11) is 0. The van der Waals surface area contributed by atoms with E-state index < -0.39 is 11.5 Å². The van der Waals surface area contributed by atoms with Crippen LogP contribution in [0.15, 0.2) is 59.7 Å². The zero-order valence-electron chi connectivity index (χ0n) is 13.9. The highest BCUT2D eigenvalue weighted by molar-refractivity contribution is 6.08. The van der Waals surface area contributed by atoms with Crippen LogP contribution in [-0.4, -0.2) is 35.4 Å². The number of para-hydroxylation sites is 1. The molecule has 1 aliphatic rings. The predicted molar refractivity (Wildman–Crippen MR) is 98.4 cm³/mol. The summed E-state index contributed by atoms with van der Waals surface area (Å²) in [5, 5.41) is 18.6. The molecule has 0 aliphatic carbocycles. The van der Waals surface area contributed by atoms with Gasteiger partial charge in [-0.15, -0.1) is 0 Å². The molecule has 130 valence electrons. The van der Waals surface area contributed by atoms with Crippen LogP contribution >= 0.6 is 0 Å². The average molecular weight is 338 g/mol. The van der Waals surface area contributed by atoms with Gasteiger partial charge in [0.25, 0.3) is 5.91 Å². The van der Waals surface area contributed by atoms with Crippen LogP contribution in [0.3, 0.4) is 0 Å². The maximum absolute atomic E-state index is 12.4. The second-order valence-electron chi connectivity index (χ2n) is 6.14. The number of rotatable bonds is 4. The van der Waals surface area contributed by atoms with Crippen molar-refractivity contribution >= 4 is 17.3 Å². The Morgan fingerprint density at radius 1 is 1.08 bits per heavy atom. The summed E-state index contributed by atoms with van der Waals surface area (Å²) in [5.41, 5.74) is 9.31. The third-order valence-corrected chi connectivity index (χ3v) is 4.39. The molecule has 25 heavy (non-hydrogen) atoms. The van der Waals surface area contributed by atoms with E-state index in [0.717, 1.165) is 5.56 Å². The van der Waals surface area contributed by atoms with Crippen molar-refractivity contribution < 1.29 is 9.90 Å². The van der Waals surface area contributed by atoms with E-state index in [2.05, 4.69) is 15.8 Å². The average Bonchev–Trinajstić information content (AvgIpc) is 2.63. The predicted octanol–water partition coefficient (Wildman–Crippen LogP) is 1.52. The Bertz CT molecular complexity index is 768. The molecule has 1 heterocycles. The van der Waals surface area contributed by atoms with Crippen molar-refractivity contribution in [1.82, 2.24) is 10.7 Å². The largest absolute Gasteiger partial charge is 0.398 e. The molecule has 0 aromatic heterocycles. The summed E-state index contributed by atoms with van der Waals surface area (Å²) in [6, 6.07) is 16.2. The molecule has 6 nitrogen and oxygen atoms in total. The van der Waals surface area contributed by atoms with Gasteiger partial charge in [0.1, 0.15) is 5.60 Å². The summed E-state index contributed by atoms with van der Waals surface area (Å²) in [6.07, 6.45) is 1.06. The summed E-state index contributed by atoms with van der Waals surface area (Å²) in [4.78, 5) is 12.4. The smallest absolute Gasteiger partial charge is 0.273 e. The van der Waals surface area contributed by atoms with Gasteiger partial charge in [0.2, 0.25) is 0 Å². The Morgan fingerprint density at radius 2 is 1.72 bits per heavy atom. The first-order valence-electron chi connectivity index (χ1n) is 8.32. The van der Waals surface area contributed by atoms with Crippen molar-refractivity contribution in [2.24, 2.45) is 5.10 Å². The minimum absolute atomic E-state index is 0.357. The van der Waals surface area contributed by atoms with Crippen LogP contribution in [-0.2, 0) is 0 Å². The molecule has 6 heteroatoms. The van der Waals surface area contributed by atoms with Crippen molar-refractivity contribution in [1.29, 1.82) is 0 Å². The highest BCUT2D eigenvalue weighted by Crippen LogP contribution is 2.24. The van der Waals surface area contributed by atoms with Crippen LogP contribution in [0.2, 0.25) is 0 Å². The first kappa shape index (κ1) is 17.1. The lowest BCUT2D eigenvalue weighted by Crippen LogP contribution is -2.49. The maximum Gasteiger partial charge on any atom is 0.273 e. The monoisotopic (exact) mass is 338 g/mol. The third kappa shape index (κ3) is 3.87. The second-order valence-corrected chi connectivity index (χ2v) is 6.14. The molecule has 0 atom stereocenters. The van der Waals surface area contributed by atoms with E-state index in [1.807, 2.05) is 30.3 Å². The Labute approximate surface area is 146 Å². The Morgan fingerprint density at radius 3 is 2.40 bits per heavy atom. The Kier molecular flexibility index (Phi) is 5.11. The number of piperidine rings is 1. The van der Waals surface area contributed by atoms with Crippen LogP contribution in [0.4, 0.5) is 5.69 Å². The van der Waals surface area contributed by atoms with Gasteiger partial charge in [-0.1, -0.05) is 42.5 Å². The Hall–Kier alpha value is -2.70. The molecule has 0 spiro atoms. The van der Waals surface area contributed by atoms with Gasteiger partial charge in [0.05, 0.1) is 11.3 Å². The van der Waals surface area contributed by atoms with Gasteiger partial charge in [0, 0.05) is 11.3 Å². The number of hydrogen-bond acceptors (Lipinski definition) is 5. The molecule has 1 saturated heterocycles. The zero-order chi connectivity index (χ0) is 17.7. The van der Waals surface area contributed by atoms with Crippen molar-refractivity contribution in [3.05, 3.63) is 65.7 Å². The van der Waals surface area contributed by atoms with Gasteiger partial charge in [-0.3, -0.25) is 4.79 Å². The number of nitrogens with one attached hydrogen (secondary N) is 2. The molecule has 0 bridgehead atoms. The summed E-state index contributed by atoms with van der Waals surface area (Å²) < 4.78 is 0. The van der Waals surface area contributed by atoms with Crippen molar-refractivity contribution in [2.45, 2.75) is 18.4 Å². The number of hydrogen-bond donors (Lipinski definition) is 4. The Balaban J connectivity index is 1.90. The standard InChI is InChI=1S/C19H22N4O2/c20-16-9-5-4-8-15(16)18(24)23-22-17(14-6-2-1-3-7-14)19(25)10-12-21-13-11-19/h1-9,21,25H,10-13,20H2,(H,23,24)/b22-17-. The molecule has 1 fully saturated rings. The maximum atomic E-state index is 12.4. The van der Waals surface area contributed by atoms with Crippen LogP contribution in [0.5, 0.6) is 0 Å². The molecule has 1 aliphatic heterocycles. The SMILES string of the molecule is Nc1ccccc1C(=O)N/N=C(/c1ccccc1)C1(O)CCNCC1. The van der Waals surface area contributed by atoms with Crippen LogP contribution in [0, 0.1) is 0 Å². The summed E-state index contributed by atoms with van der Waals surface area (Å²) >= 11 is 0. The van der Waals surface area contributed by atoms with Gasteiger partial charge < -0.3 is 16.2 Å². The second kappa shape index (κ2) is 7.46. The number of nitrogens with zero attached hydrogens (tertiary/aromatic N) is 1. The van der Waals surface area contributed by atoms with Gasteiger partial charge in [-0.2, -0.15) is 5.10 Å². The molecule has 2 aromatic carbocycles. The lowest BCUT2D eigenvalue weighted by Gasteiger charge is -2.33. The van der Waals surface area contributed by atoms with E-state index in [4.69, 9.17) is 5.73 Å². The van der Waals surface area contributed by atoms with Crippen molar-refractivity contribution in [2.75, 3.05) is 18.8 Å². The molecule has 0 radical (unpaired) electrons. The van der Waals surface area contributed by atoms with Gasteiger partial charge in [0.15, 0.2) is 0 Å². The first-order chi connectivity index (χ1) is 12.1. The fraction of sp³-hybridized carbons (Fsp3) is 0.263. The van der Waals surface area contributed by atoms with Gasteiger partial charge in [-0.25, -0.2) is 5.43 Å². The molecule has 3 rings (SSSR count). The lowest BCUT2D eigenvalue weighted by molar-refractivity contribution is 0.0775. The fourth-order valence-corrected chi connectivity index (χ4v) is 2.98. The highest BCUT2D eigenvalue weighted by Gasteiger charge is 2.36. The quantitative estimate of drug-likeness (QED) is 0.386. The first-order valence-corrected chi connectivity index (χ1v) is 8.32. The number of aliphatic hydroxyl groups is 1. The van der Waals surface area contributed by atoms with E-state index in [-0.39, 0.29) is 0 Å². The molecular formula is C19H22N4O2. The minimum Gasteiger partial charge on any atom is -0.398 e. The normalized spacial score (nSPS) is 17.1. The minimum atomic E-state index is -1.08. The molecule has 0 saturated carbocycles. The van der Waals surface area contributed by atoms with Gasteiger partial charge >= 0.3 is 0 Å². The zero-order valence-corrected chi connectivity index (χ0v) is 13.9. The summed E-state index contributed by atoms with van der Waals surface area (Å²) in [5.74, 6) is -0.399. The van der Waals surface area contributed by atoms with Gasteiger partial charge in [-0.05, 0) is 38.1 Å². The van der Waals surface area contributed by atoms with E-state index in [0.29, 0.717) is 42.9 Å². The topological polar surface area (TPSA) is 99.7 Å². The number of carbonyl (C=O) groups excluding carboxylic acids is 1. The van der Waals surface area contributed by atoms with E-state index >= 15 is 0 Å². The van der Waals surface area contributed by atoms with E-state index in [1.54, 1.807) is 24.3 Å². The molecule has 1 amide bonds. The number of nitrogen functional groups attached to an aromatic ring is 1. The number of carbonyl (C=O) groups is 1. The number of nitrogens with two attached hydrogens (primary N) is 1. The highest BCUT2D eigenvalue weighted by atomic mass is 16.3. The number of amides is 1. The molecule has 2 aromatic rings. The number of hydrazone groups is 1.